The summed E-state index contributed by atoms with van der Waals surface area (Å²) >= 11 is 4.83. The van der Waals surface area contributed by atoms with Crippen molar-refractivity contribution in [1.29, 1.82) is 0 Å². The number of nitrogens with zero attached hydrogens (tertiary/aromatic N) is 2. The second-order valence-electron chi connectivity index (χ2n) is 3.94. The highest BCUT2D eigenvalue weighted by atomic mass is 32.1. The zero-order valence-corrected chi connectivity index (χ0v) is 9.81. The van der Waals surface area contributed by atoms with Crippen molar-refractivity contribution < 1.29 is 0 Å². The first-order valence-electron chi connectivity index (χ1n) is 5.19. The van der Waals surface area contributed by atoms with Gasteiger partial charge in [0.15, 0.2) is 5.11 Å². The fourth-order valence-corrected chi connectivity index (χ4v) is 1.93. The predicted octanol–water partition coefficient (Wildman–Crippen LogP) is 2.12. The van der Waals surface area contributed by atoms with Crippen LogP contribution in [0.5, 0.6) is 0 Å². The van der Waals surface area contributed by atoms with Gasteiger partial charge < -0.3 is 5.73 Å². The molecule has 0 heterocycles. The topological polar surface area (TPSA) is 41.6 Å². The minimum Gasteiger partial charge on any atom is -0.375 e. The quantitative estimate of drug-likeness (QED) is 0.434. The van der Waals surface area contributed by atoms with E-state index in [1.165, 1.54) is 37.8 Å². The van der Waals surface area contributed by atoms with E-state index in [1.54, 1.807) is 12.1 Å². The fourth-order valence-electron chi connectivity index (χ4n) is 1.89. The van der Waals surface area contributed by atoms with Crippen LogP contribution in [0.4, 0.5) is 0 Å². The third kappa shape index (κ3) is 3.25. The Morgan fingerprint density at radius 2 is 1.93 bits per heavy atom. The molecule has 2 N–H and O–H groups in total. The predicted molar refractivity (Wildman–Crippen MR) is 64.2 cm³/mol. The Morgan fingerprint density at radius 1 is 1.36 bits per heavy atom. The molecule has 4 heteroatoms. The first-order valence-corrected chi connectivity index (χ1v) is 5.60. The van der Waals surface area contributed by atoms with Crippen molar-refractivity contribution >= 4 is 23.0 Å². The van der Waals surface area contributed by atoms with E-state index in [2.05, 4.69) is 12.0 Å². The second-order valence-corrected chi connectivity index (χ2v) is 4.36. The van der Waals surface area contributed by atoms with E-state index < -0.39 is 0 Å². The second kappa shape index (κ2) is 5.29. The minimum atomic E-state index is 0.333. The van der Waals surface area contributed by atoms with Crippen molar-refractivity contribution in [3.63, 3.8) is 0 Å². The van der Waals surface area contributed by atoms with Crippen LogP contribution in [0.3, 0.4) is 0 Å². The van der Waals surface area contributed by atoms with Crippen molar-refractivity contribution in [3.05, 3.63) is 0 Å². The molecule has 0 saturated heterocycles. The molecule has 0 aromatic rings. The molecule has 0 unspecified atom stereocenters. The van der Waals surface area contributed by atoms with Crippen molar-refractivity contribution in [2.75, 3.05) is 7.05 Å². The van der Waals surface area contributed by atoms with E-state index in [0.717, 1.165) is 0 Å². The molecule has 1 saturated carbocycles. The Balaban J connectivity index is 2.53. The van der Waals surface area contributed by atoms with E-state index in [4.69, 9.17) is 18.0 Å². The molecule has 1 rings (SSSR count). The number of hydrazone groups is 1. The number of hydrogen-bond acceptors (Lipinski definition) is 2. The molecule has 14 heavy (non-hydrogen) atoms. The summed E-state index contributed by atoms with van der Waals surface area (Å²) in [7, 11) is 1.80. The first kappa shape index (κ1) is 11.4. The van der Waals surface area contributed by atoms with Gasteiger partial charge >= 0.3 is 0 Å². The van der Waals surface area contributed by atoms with Gasteiger partial charge in [0.05, 0.1) is 0 Å². The molecule has 1 fully saturated rings. The molecular weight excluding hydrogens is 194 g/mol. The summed E-state index contributed by atoms with van der Waals surface area (Å²) in [6, 6.07) is 0. The van der Waals surface area contributed by atoms with E-state index in [1.807, 2.05) is 0 Å². The Labute approximate surface area is 91.3 Å². The molecule has 0 amide bonds. The summed E-state index contributed by atoms with van der Waals surface area (Å²) < 4.78 is 0. The summed E-state index contributed by atoms with van der Waals surface area (Å²) in [6.07, 6.45) is 6.55. The Morgan fingerprint density at radius 3 is 2.43 bits per heavy atom. The van der Waals surface area contributed by atoms with Crippen LogP contribution in [0, 0.1) is 5.92 Å². The first-order chi connectivity index (χ1) is 6.61. The van der Waals surface area contributed by atoms with E-state index in [0.29, 0.717) is 11.0 Å². The Hall–Kier alpha value is -0.640. The fraction of sp³-hybridized carbons (Fsp3) is 0.800. The van der Waals surface area contributed by atoms with Gasteiger partial charge in [-0.1, -0.05) is 19.3 Å². The highest BCUT2D eigenvalue weighted by Crippen LogP contribution is 2.24. The van der Waals surface area contributed by atoms with Gasteiger partial charge in [0.25, 0.3) is 0 Å². The highest BCUT2D eigenvalue weighted by molar-refractivity contribution is 7.80. The number of thiocarbonyl (C=S) groups is 1. The molecule has 0 aromatic heterocycles. The summed E-state index contributed by atoms with van der Waals surface area (Å²) in [5, 5.41) is 6.30. The van der Waals surface area contributed by atoms with Crippen LogP contribution in [-0.4, -0.2) is 22.9 Å². The van der Waals surface area contributed by atoms with Crippen LogP contribution < -0.4 is 5.73 Å². The smallest absolute Gasteiger partial charge is 0.186 e. The number of rotatable bonds is 2. The van der Waals surface area contributed by atoms with E-state index in [9.17, 15) is 0 Å². The van der Waals surface area contributed by atoms with Gasteiger partial charge in [0.2, 0.25) is 0 Å². The Kier molecular flexibility index (Phi) is 4.32. The molecule has 0 atom stereocenters. The van der Waals surface area contributed by atoms with Crippen LogP contribution in [0.2, 0.25) is 0 Å². The van der Waals surface area contributed by atoms with Crippen molar-refractivity contribution in [1.82, 2.24) is 5.01 Å². The molecule has 1 aliphatic carbocycles. The maximum atomic E-state index is 5.46. The van der Waals surface area contributed by atoms with E-state index in [-0.39, 0.29) is 0 Å². The average Bonchev–Trinajstić information content (AvgIpc) is 2.19. The van der Waals surface area contributed by atoms with Gasteiger partial charge in [-0.05, 0) is 37.9 Å². The molecule has 0 aliphatic heterocycles. The van der Waals surface area contributed by atoms with Crippen LogP contribution in [-0.2, 0) is 0 Å². The molecule has 0 radical (unpaired) electrons. The number of nitrogens with two attached hydrogens (primary N) is 1. The molecule has 0 aromatic carbocycles. The largest absolute Gasteiger partial charge is 0.375 e. The highest BCUT2D eigenvalue weighted by Gasteiger charge is 2.16. The van der Waals surface area contributed by atoms with Crippen molar-refractivity contribution in [3.8, 4) is 0 Å². The van der Waals surface area contributed by atoms with Gasteiger partial charge in [-0.25, -0.2) is 5.01 Å². The zero-order chi connectivity index (χ0) is 10.6. The van der Waals surface area contributed by atoms with Gasteiger partial charge in [-0.2, -0.15) is 5.10 Å². The van der Waals surface area contributed by atoms with Gasteiger partial charge in [-0.3, -0.25) is 0 Å². The maximum Gasteiger partial charge on any atom is 0.186 e. The summed E-state index contributed by atoms with van der Waals surface area (Å²) in [5.41, 5.74) is 6.63. The lowest BCUT2D eigenvalue weighted by Crippen LogP contribution is -2.29. The van der Waals surface area contributed by atoms with Crippen LogP contribution in [0.15, 0.2) is 5.10 Å². The monoisotopic (exact) mass is 213 g/mol. The molecular formula is C10H19N3S. The normalized spacial score (nSPS) is 19.4. The van der Waals surface area contributed by atoms with Crippen LogP contribution in [0.1, 0.15) is 39.0 Å². The lowest BCUT2D eigenvalue weighted by atomic mass is 9.86. The van der Waals surface area contributed by atoms with Crippen molar-refractivity contribution in [2.24, 2.45) is 16.8 Å². The summed E-state index contributed by atoms with van der Waals surface area (Å²) in [5.74, 6) is 0.639. The lowest BCUT2D eigenvalue weighted by molar-refractivity contribution is 0.429. The zero-order valence-electron chi connectivity index (χ0n) is 8.99. The molecule has 80 valence electrons. The van der Waals surface area contributed by atoms with Gasteiger partial charge in [0.1, 0.15) is 0 Å². The molecule has 3 nitrogen and oxygen atoms in total. The molecule has 0 bridgehead atoms. The van der Waals surface area contributed by atoms with E-state index >= 15 is 0 Å². The van der Waals surface area contributed by atoms with Crippen molar-refractivity contribution in [2.45, 2.75) is 39.0 Å². The Bertz CT molecular complexity index is 232. The summed E-state index contributed by atoms with van der Waals surface area (Å²) in [6.45, 7) is 2.07. The third-order valence-corrected chi connectivity index (χ3v) is 3.09. The SMILES string of the molecule is C/C(=N\N(C)C(N)=S)C1CCCCC1. The van der Waals surface area contributed by atoms with Gasteiger partial charge in [0, 0.05) is 12.8 Å². The maximum absolute atomic E-state index is 5.46. The lowest BCUT2D eigenvalue weighted by Gasteiger charge is -2.22. The standard InChI is InChI=1S/C10H19N3S/c1-8(12-13(2)10(11)14)9-6-4-3-5-7-9/h9H,3-7H2,1-2H3,(H2,11,14)/b12-8+. The molecule has 0 spiro atoms. The number of hydrogen-bond donors (Lipinski definition) is 1. The third-order valence-electron chi connectivity index (χ3n) is 2.82. The summed E-state index contributed by atoms with van der Waals surface area (Å²) in [4.78, 5) is 0. The molecule has 1 aliphatic rings. The average molecular weight is 213 g/mol. The van der Waals surface area contributed by atoms with Crippen LogP contribution >= 0.6 is 12.2 Å². The van der Waals surface area contributed by atoms with Crippen LogP contribution in [0.25, 0.3) is 0 Å². The minimum absolute atomic E-state index is 0.333. The van der Waals surface area contributed by atoms with Gasteiger partial charge in [-0.15, -0.1) is 0 Å².